The molecule has 0 amide bonds. The maximum absolute atomic E-state index is 5.90. The Kier molecular flexibility index (Phi) is 4.45. The van der Waals surface area contributed by atoms with E-state index in [0.29, 0.717) is 6.04 Å². The van der Waals surface area contributed by atoms with Crippen molar-refractivity contribution in [1.29, 1.82) is 0 Å². The molecule has 2 aliphatic rings. The van der Waals surface area contributed by atoms with Crippen molar-refractivity contribution in [2.24, 2.45) is 17.6 Å². The van der Waals surface area contributed by atoms with Crippen LogP contribution >= 0.6 is 0 Å². The summed E-state index contributed by atoms with van der Waals surface area (Å²) in [6.07, 6.45) is 11.0. The molecule has 0 unspecified atom stereocenters. The number of hydrogen-bond donors (Lipinski definition) is 2. The summed E-state index contributed by atoms with van der Waals surface area (Å²) in [5, 5.41) is 3.67. The fourth-order valence-corrected chi connectivity index (χ4v) is 3.10. The lowest BCUT2D eigenvalue weighted by atomic mass is 9.86. The van der Waals surface area contributed by atoms with Gasteiger partial charge in [-0.2, -0.15) is 0 Å². The molecular weight excluding hydrogens is 184 g/mol. The number of rotatable bonds is 4. The lowest BCUT2D eigenvalue weighted by Crippen LogP contribution is -2.33. The summed E-state index contributed by atoms with van der Waals surface area (Å²) in [7, 11) is 0. The predicted molar refractivity (Wildman–Crippen MR) is 64.8 cm³/mol. The van der Waals surface area contributed by atoms with Crippen LogP contribution in [0.5, 0.6) is 0 Å². The van der Waals surface area contributed by atoms with Gasteiger partial charge in [-0.3, -0.25) is 0 Å². The van der Waals surface area contributed by atoms with E-state index in [1.54, 1.807) is 0 Å². The molecule has 2 nitrogen and oxygen atoms in total. The van der Waals surface area contributed by atoms with Gasteiger partial charge in [0.2, 0.25) is 0 Å². The first-order chi connectivity index (χ1) is 7.34. The molecule has 15 heavy (non-hydrogen) atoms. The first kappa shape index (κ1) is 11.4. The van der Waals surface area contributed by atoms with E-state index in [-0.39, 0.29) is 0 Å². The smallest absolute Gasteiger partial charge is 0.00390 e. The fraction of sp³-hybridized carbons (Fsp3) is 1.00. The molecule has 0 aromatic carbocycles. The molecular formula is C13H26N2. The van der Waals surface area contributed by atoms with Crippen molar-refractivity contribution in [1.82, 2.24) is 5.32 Å². The molecule has 0 radical (unpaired) electrons. The van der Waals surface area contributed by atoms with Crippen molar-refractivity contribution in [2.45, 2.75) is 57.4 Å². The van der Waals surface area contributed by atoms with Gasteiger partial charge in [0, 0.05) is 6.04 Å². The molecule has 88 valence electrons. The summed E-state index contributed by atoms with van der Waals surface area (Å²) in [5.74, 6) is 1.89. The Morgan fingerprint density at radius 2 is 1.33 bits per heavy atom. The summed E-state index contributed by atoms with van der Waals surface area (Å²) in [4.78, 5) is 0. The second-order valence-corrected chi connectivity index (χ2v) is 5.59. The minimum Gasteiger partial charge on any atom is -0.328 e. The Bertz CT molecular complexity index is 167. The van der Waals surface area contributed by atoms with Crippen LogP contribution in [-0.4, -0.2) is 19.1 Å². The first-order valence-electron chi connectivity index (χ1n) is 6.81. The summed E-state index contributed by atoms with van der Waals surface area (Å²) >= 11 is 0. The number of nitrogens with one attached hydrogen (secondary N) is 1. The maximum Gasteiger partial charge on any atom is 0.00390 e. The van der Waals surface area contributed by atoms with Gasteiger partial charge < -0.3 is 11.1 Å². The molecule has 2 heteroatoms. The van der Waals surface area contributed by atoms with Gasteiger partial charge in [-0.25, -0.2) is 0 Å². The predicted octanol–water partition coefficient (Wildman–Crippen LogP) is 2.28. The highest BCUT2D eigenvalue weighted by molar-refractivity contribution is 4.76. The number of nitrogens with two attached hydrogens (primary N) is 1. The van der Waals surface area contributed by atoms with Crippen LogP contribution in [0.3, 0.4) is 0 Å². The lowest BCUT2D eigenvalue weighted by Gasteiger charge is -2.26. The van der Waals surface area contributed by atoms with E-state index in [1.165, 1.54) is 64.5 Å². The van der Waals surface area contributed by atoms with Crippen LogP contribution in [0, 0.1) is 11.8 Å². The molecule has 0 atom stereocenters. The minimum absolute atomic E-state index is 0.496. The first-order valence-corrected chi connectivity index (χ1v) is 6.81. The largest absolute Gasteiger partial charge is 0.328 e. The van der Waals surface area contributed by atoms with Crippen LogP contribution in [0.1, 0.15) is 51.4 Å². The van der Waals surface area contributed by atoms with E-state index in [2.05, 4.69) is 5.32 Å². The highest BCUT2D eigenvalue weighted by Gasteiger charge is 2.19. The molecule has 2 saturated carbocycles. The third-order valence-electron chi connectivity index (χ3n) is 4.23. The van der Waals surface area contributed by atoms with Gasteiger partial charge in [0.25, 0.3) is 0 Å². The maximum atomic E-state index is 5.90. The molecule has 0 saturated heterocycles. The van der Waals surface area contributed by atoms with Crippen molar-refractivity contribution >= 4 is 0 Å². The van der Waals surface area contributed by atoms with Crippen LogP contribution in [-0.2, 0) is 0 Å². The van der Waals surface area contributed by atoms with Gasteiger partial charge in [-0.1, -0.05) is 12.8 Å². The zero-order valence-corrected chi connectivity index (χ0v) is 9.88. The van der Waals surface area contributed by atoms with Gasteiger partial charge in [0.15, 0.2) is 0 Å². The van der Waals surface area contributed by atoms with E-state index >= 15 is 0 Å². The molecule has 3 N–H and O–H groups in total. The number of hydrogen-bond acceptors (Lipinski definition) is 2. The van der Waals surface area contributed by atoms with Gasteiger partial charge >= 0.3 is 0 Å². The average Bonchev–Trinajstić information content (AvgIpc) is 2.74. The van der Waals surface area contributed by atoms with E-state index in [0.717, 1.165) is 11.8 Å². The monoisotopic (exact) mass is 210 g/mol. The minimum atomic E-state index is 0.496. The van der Waals surface area contributed by atoms with E-state index < -0.39 is 0 Å². The van der Waals surface area contributed by atoms with Crippen molar-refractivity contribution in [3.05, 3.63) is 0 Å². The molecule has 0 aliphatic heterocycles. The SMILES string of the molecule is NC1CCC(CNCC2CCCC2)CC1. The lowest BCUT2D eigenvalue weighted by molar-refractivity contribution is 0.308. The quantitative estimate of drug-likeness (QED) is 0.747. The highest BCUT2D eigenvalue weighted by atomic mass is 14.9. The van der Waals surface area contributed by atoms with Crippen LogP contribution in [0.25, 0.3) is 0 Å². The third kappa shape index (κ3) is 3.76. The Balaban J connectivity index is 1.53. The van der Waals surface area contributed by atoms with Gasteiger partial charge in [-0.05, 0) is 63.5 Å². The Morgan fingerprint density at radius 3 is 1.93 bits per heavy atom. The van der Waals surface area contributed by atoms with Crippen LogP contribution in [0.15, 0.2) is 0 Å². The van der Waals surface area contributed by atoms with E-state index in [1.807, 2.05) is 0 Å². The van der Waals surface area contributed by atoms with Crippen LogP contribution in [0.4, 0.5) is 0 Å². The molecule has 0 bridgehead atoms. The standard InChI is InChI=1S/C13H26N2/c14-13-7-5-12(6-8-13)10-15-9-11-3-1-2-4-11/h11-13,15H,1-10,14H2. The van der Waals surface area contributed by atoms with E-state index in [4.69, 9.17) is 5.73 Å². The molecule has 0 aromatic rings. The van der Waals surface area contributed by atoms with Crippen molar-refractivity contribution in [3.8, 4) is 0 Å². The van der Waals surface area contributed by atoms with Crippen molar-refractivity contribution in [3.63, 3.8) is 0 Å². The molecule has 0 heterocycles. The van der Waals surface area contributed by atoms with Crippen LogP contribution < -0.4 is 11.1 Å². The summed E-state index contributed by atoms with van der Waals surface area (Å²) in [6, 6.07) is 0.496. The van der Waals surface area contributed by atoms with Crippen molar-refractivity contribution in [2.75, 3.05) is 13.1 Å². The molecule has 0 spiro atoms. The topological polar surface area (TPSA) is 38.0 Å². The normalized spacial score (nSPS) is 33.4. The summed E-state index contributed by atoms with van der Waals surface area (Å²) in [6.45, 7) is 2.51. The second kappa shape index (κ2) is 5.86. The fourth-order valence-electron chi connectivity index (χ4n) is 3.10. The Labute approximate surface area is 94.0 Å². The second-order valence-electron chi connectivity index (χ2n) is 5.59. The molecule has 2 fully saturated rings. The van der Waals surface area contributed by atoms with E-state index in [9.17, 15) is 0 Å². The van der Waals surface area contributed by atoms with Crippen LogP contribution in [0.2, 0.25) is 0 Å². The summed E-state index contributed by atoms with van der Waals surface area (Å²) < 4.78 is 0. The van der Waals surface area contributed by atoms with Gasteiger partial charge in [-0.15, -0.1) is 0 Å². The molecule has 2 rings (SSSR count). The Morgan fingerprint density at radius 1 is 0.800 bits per heavy atom. The summed E-state index contributed by atoms with van der Waals surface area (Å²) in [5.41, 5.74) is 5.90. The average molecular weight is 210 g/mol. The zero-order valence-electron chi connectivity index (χ0n) is 9.88. The zero-order chi connectivity index (χ0) is 10.5. The third-order valence-corrected chi connectivity index (χ3v) is 4.23. The van der Waals surface area contributed by atoms with Gasteiger partial charge in [0.1, 0.15) is 0 Å². The van der Waals surface area contributed by atoms with Gasteiger partial charge in [0.05, 0.1) is 0 Å². The highest BCUT2D eigenvalue weighted by Crippen LogP contribution is 2.25. The molecule has 0 aromatic heterocycles. The molecule has 2 aliphatic carbocycles. The van der Waals surface area contributed by atoms with Crippen molar-refractivity contribution < 1.29 is 0 Å². The Hall–Kier alpha value is -0.0800.